The summed E-state index contributed by atoms with van der Waals surface area (Å²) in [6, 6.07) is 0. The van der Waals surface area contributed by atoms with Gasteiger partial charge in [0.1, 0.15) is 6.54 Å². The van der Waals surface area contributed by atoms with Crippen LogP contribution in [0, 0.1) is 0 Å². The lowest BCUT2D eigenvalue weighted by molar-refractivity contribution is -0.123. The lowest BCUT2D eigenvalue weighted by Gasteiger charge is -2.20. The first-order valence-corrected chi connectivity index (χ1v) is 6.43. The number of aryl methyl sites for hydroxylation is 1. The number of nitrogens with two attached hydrogens (primary N) is 1. The average molecular weight is 252 g/mol. The van der Waals surface area contributed by atoms with Crippen LogP contribution in [0.2, 0.25) is 0 Å². The predicted molar refractivity (Wildman–Crippen MR) is 73.3 cm³/mol. The Morgan fingerprint density at radius 3 is 2.39 bits per heavy atom. The van der Waals surface area contributed by atoms with Crippen molar-refractivity contribution >= 4 is 11.6 Å². The van der Waals surface area contributed by atoms with Crippen LogP contribution in [0.25, 0.3) is 0 Å². The number of carbonyl (C=O) groups is 1. The second kappa shape index (κ2) is 5.42. The number of nitrogens with zero attached hydrogens (tertiary/aromatic N) is 2. The van der Waals surface area contributed by atoms with Gasteiger partial charge in [0.15, 0.2) is 0 Å². The molecular formula is C13H24N4O. The number of hydrogen-bond donors (Lipinski definition) is 2. The zero-order valence-corrected chi connectivity index (χ0v) is 12.0. The largest absolute Gasteiger partial charge is 0.396 e. The van der Waals surface area contributed by atoms with Crippen molar-refractivity contribution in [2.24, 2.45) is 0 Å². The van der Waals surface area contributed by atoms with Crippen LogP contribution in [0.4, 0.5) is 5.69 Å². The van der Waals surface area contributed by atoms with Crippen LogP contribution < -0.4 is 11.1 Å². The van der Waals surface area contributed by atoms with E-state index in [4.69, 9.17) is 5.73 Å². The Balaban J connectivity index is 2.87. The zero-order chi connectivity index (χ0) is 13.9. The Kier molecular flexibility index (Phi) is 4.38. The molecule has 0 bridgehead atoms. The topological polar surface area (TPSA) is 72.9 Å². The summed E-state index contributed by atoms with van der Waals surface area (Å²) < 4.78 is 1.72. The summed E-state index contributed by atoms with van der Waals surface area (Å²) in [6.45, 7) is 10.1. The van der Waals surface area contributed by atoms with E-state index < -0.39 is 0 Å². The standard InChI is InChI=1S/C13H24N4O/c1-6-9-12(14)10(7-2)17(16-9)8-11(18)15-13(3,4)5/h6-8,14H2,1-5H3,(H,15,18). The average Bonchev–Trinajstić information content (AvgIpc) is 2.51. The van der Waals surface area contributed by atoms with Crippen LogP contribution >= 0.6 is 0 Å². The van der Waals surface area contributed by atoms with Crippen molar-refractivity contribution in [2.45, 2.75) is 59.5 Å². The van der Waals surface area contributed by atoms with Crippen LogP contribution in [-0.2, 0) is 24.2 Å². The molecule has 3 N–H and O–H groups in total. The molecule has 0 aromatic carbocycles. The van der Waals surface area contributed by atoms with E-state index in [1.165, 1.54) is 0 Å². The number of anilines is 1. The summed E-state index contributed by atoms with van der Waals surface area (Å²) in [4.78, 5) is 11.9. The van der Waals surface area contributed by atoms with Gasteiger partial charge in [0, 0.05) is 5.54 Å². The fourth-order valence-corrected chi connectivity index (χ4v) is 1.92. The molecule has 102 valence electrons. The maximum Gasteiger partial charge on any atom is 0.242 e. The zero-order valence-electron chi connectivity index (χ0n) is 12.0. The van der Waals surface area contributed by atoms with Crippen molar-refractivity contribution in [2.75, 3.05) is 5.73 Å². The minimum atomic E-state index is -0.226. The minimum Gasteiger partial charge on any atom is -0.396 e. The maximum atomic E-state index is 11.9. The van der Waals surface area contributed by atoms with E-state index in [2.05, 4.69) is 10.4 Å². The number of rotatable bonds is 4. The fourth-order valence-electron chi connectivity index (χ4n) is 1.92. The van der Waals surface area contributed by atoms with Crippen LogP contribution in [0.15, 0.2) is 0 Å². The first-order chi connectivity index (χ1) is 8.28. The molecular weight excluding hydrogens is 228 g/mol. The van der Waals surface area contributed by atoms with Gasteiger partial charge in [0.2, 0.25) is 5.91 Å². The van der Waals surface area contributed by atoms with Crippen LogP contribution in [0.3, 0.4) is 0 Å². The minimum absolute atomic E-state index is 0.0395. The molecule has 1 aromatic heterocycles. The van der Waals surface area contributed by atoms with E-state index in [1.54, 1.807) is 4.68 Å². The van der Waals surface area contributed by atoms with E-state index in [0.717, 1.165) is 29.9 Å². The Morgan fingerprint density at radius 2 is 1.94 bits per heavy atom. The molecule has 0 aliphatic carbocycles. The van der Waals surface area contributed by atoms with Gasteiger partial charge in [-0.15, -0.1) is 0 Å². The van der Waals surface area contributed by atoms with Crippen molar-refractivity contribution < 1.29 is 4.79 Å². The molecule has 0 aliphatic heterocycles. The maximum absolute atomic E-state index is 11.9. The Morgan fingerprint density at radius 1 is 1.33 bits per heavy atom. The van der Waals surface area contributed by atoms with Gasteiger partial charge in [0.25, 0.3) is 0 Å². The molecule has 1 rings (SSSR count). The highest BCUT2D eigenvalue weighted by Crippen LogP contribution is 2.18. The van der Waals surface area contributed by atoms with Gasteiger partial charge in [-0.3, -0.25) is 9.48 Å². The second-order valence-corrected chi connectivity index (χ2v) is 5.47. The van der Waals surface area contributed by atoms with Crippen LogP contribution in [0.5, 0.6) is 0 Å². The van der Waals surface area contributed by atoms with Gasteiger partial charge in [-0.05, 0) is 33.6 Å². The molecule has 0 saturated carbocycles. The number of aromatic nitrogens is 2. The molecule has 1 aromatic rings. The highest BCUT2D eigenvalue weighted by Gasteiger charge is 2.18. The summed E-state index contributed by atoms with van der Waals surface area (Å²) in [5.74, 6) is -0.0395. The molecule has 0 aliphatic rings. The van der Waals surface area contributed by atoms with E-state index in [0.29, 0.717) is 0 Å². The molecule has 0 unspecified atom stereocenters. The molecule has 5 nitrogen and oxygen atoms in total. The highest BCUT2D eigenvalue weighted by molar-refractivity contribution is 5.76. The Hall–Kier alpha value is -1.52. The summed E-state index contributed by atoms with van der Waals surface area (Å²) in [5.41, 5.74) is 8.32. The van der Waals surface area contributed by atoms with E-state index in [9.17, 15) is 4.79 Å². The summed E-state index contributed by atoms with van der Waals surface area (Å²) >= 11 is 0. The van der Waals surface area contributed by atoms with Gasteiger partial charge in [-0.2, -0.15) is 5.10 Å². The molecule has 18 heavy (non-hydrogen) atoms. The first-order valence-electron chi connectivity index (χ1n) is 6.43. The third kappa shape index (κ3) is 3.48. The van der Waals surface area contributed by atoms with E-state index in [1.807, 2.05) is 34.6 Å². The van der Waals surface area contributed by atoms with E-state index in [-0.39, 0.29) is 18.0 Å². The molecule has 0 fully saturated rings. The highest BCUT2D eigenvalue weighted by atomic mass is 16.2. The van der Waals surface area contributed by atoms with Crippen molar-refractivity contribution in [3.63, 3.8) is 0 Å². The molecule has 1 heterocycles. The fraction of sp³-hybridized carbons (Fsp3) is 0.692. The van der Waals surface area contributed by atoms with Gasteiger partial charge >= 0.3 is 0 Å². The van der Waals surface area contributed by atoms with E-state index >= 15 is 0 Å². The van der Waals surface area contributed by atoms with Crippen LogP contribution in [0.1, 0.15) is 46.0 Å². The molecule has 5 heteroatoms. The normalized spacial score (nSPS) is 11.6. The molecule has 0 radical (unpaired) electrons. The van der Waals surface area contributed by atoms with Gasteiger partial charge in [-0.1, -0.05) is 13.8 Å². The SMILES string of the molecule is CCc1nn(CC(=O)NC(C)(C)C)c(CC)c1N. The summed E-state index contributed by atoms with van der Waals surface area (Å²) in [6.07, 6.45) is 1.56. The lowest BCUT2D eigenvalue weighted by atomic mass is 10.1. The van der Waals surface area contributed by atoms with Gasteiger partial charge in [0.05, 0.1) is 17.1 Å². The molecule has 0 saturated heterocycles. The Labute approximate surface area is 109 Å². The number of nitrogen functional groups attached to an aromatic ring is 1. The van der Waals surface area contributed by atoms with Crippen molar-refractivity contribution in [3.8, 4) is 0 Å². The number of amides is 1. The predicted octanol–water partition coefficient (Wildman–Crippen LogP) is 1.50. The monoisotopic (exact) mass is 252 g/mol. The first kappa shape index (κ1) is 14.5. The number of hydrogen-bond acceptors (Lipinski definition) is 3. The lowest BCUT2D eigenvalue weighted by Crippen LogP contribution is -2.42. The summed E-state index contributed by atoms with van der Waals surface area (Å²) in [5, 5.41) is 7.32. The van der Waals surface area contributed by atoms with Crippen molar-refractivity contribution in [1.29, 1.82) is 0 Å². The van der Waals surface area contributed by atoms with Crippen LogP contribution in [-0.4, -0.2) is 21.2 Å². The molecule has 0 atom stereocenters. The number of carbonyl (C=O) groups excluding carboxylic acids is 1. The summed E-state index contributed by atoms with van der Waals surface area (Å²) in [7, 11) is 0. The third-order valence-electron chi connectivity index (χ3n) is 2.65. The van der Waals surface area contributed by atoms with Gasteiger partial charge < -0.3 is 11.1 Å². The Bertz CT molecular complexity index is 429. The number of nitrogens with one attached hydrogen (secondary N) is 1. The quantitative estimate of drug-likeness (QED) is 0.853. The van der Waals surface area contributed by atoms with Crippen molar-refractivity contribution in [3.05, 3.63) is 11.4 Å². The second-order valence-electron chi connectivity index (χ2n) is 5.47. The van der Waals surface area contributed by atoms with Crippen molar-refractivity contribution in [1.82, 2.24) is 15.1 Å². The smallest absolute Gasteiger partial charge is 0.242 e. The molecule has 1 amide bonds. The third-order valence-corrected chi connectivity index (χ3v) is 2.65. The van der Waals surface area contributed by atoms with Gasteiger partial charge in [-0.25, -0.2) is 0 Å². The molecule has 0 spiro atoms.